The second kappa shape index (κ2) is 3.95. The first kappa shape index (κ1) is 11.2. The number of para-hydroxylation sites is 1. The lowest BCUT2D eigenvalue weighted by Crippen LogP contribution is -2.20. The molecule has 0 fully saturated rings. The van der Waals surface area contributed by atoms with E-state index in [0.29, 0.717) is 0 Å². The fraction of sp³-hybridized carbons (Fsp3) is 0.308. The molecule has 1 heterocycles. The van der Waals surface area contributed by atoms with Gasteiger partial charge in [0.1, 0.15) is 5.38 Å². The first-order valence-corrected chi connectivity index (χ1v) is 5.72. The number of carbonyl (C=O) groups is 1. The van der Waals surface area contributed by atoms with Gasteiger partial charge < -0.3 is 0 Å². The minimum absolute atomic E-state index is 0.0662. The molecular formula is C13H14ClNO. The molecule has 0 N–H and O–H groups in total. The van der Waals surface area contributed by atoms with Gasteiger partial charge in [-0.05, 0) is 32.4 Å². The molecule has 1 aromatic carbocycles. The molecule has 84 valence electrons. The van der Waals surface area contributed by atoms with E-state index >= 15 is 0 Å². The van der Waals surface area contributed by atoms with Crippen LogP contribution in [0.4, 0.5) is 0 Å². The smallest absolute Gasteiger partial charge is 0.249 e. The Bertz CT molecular complexity index is 554. The number of hydrogen-bond acceptors (Lipinski definition) is 1. The van der Waals surface area contributed by atoms with Crippen molar-refractivity contribution in [3.8, 4) is 0 Å². The van der Waals surface area contributed by atoms with Gasteiger partial charge >= 0.3 is 0 Å². The van der Waals surface area contributed by atoms with Crippen molar-refractivity contribution in [2.24, 2.45) is 0 Å². The third-order valence-corrected chi connectivity index (χ3v) is 3.17. The molecular weight excluding hydrogens is 222 g/mol. The molecule has 1 aromatic heterocycles. The zero-order chi connectivity index (χ0) is 11.9. The Morgan fingerprint density at radius 1 is 1.31 bits per heavy atom. The molecule has 1 unspecified atom stereocenters. The van der Waals surface area contributed by atoms with Crippen molar-refractivity contribution in [2.75, 3.05) is 0 Å². The van der Waals surface area contributed by atoms with E-state index in [0.717, 1.165) is 22.2 Å². The van der Waals surface area contributed by atoms with Gasteiger partial charge in [0.25, 0.3) is 0 Å². The van der Waals surface area contributed by atoms with Gasteiger partial charge in [-0.1, -0.05) is 18.2 Å². The molecule has 0 radical (unpaired) electrons. The van der Waals surface area contributed by atoms with E-state index in [4.69, 9.17) is 11.6 Å². The Morgan fingerprint density at radius 3 is 2.56 bits per heavy atom. The Labute approximate surface area is 99.8 Å². The molecule has 2 aromatic rings. The molecule has 0 saturated heterocycles. The van der Waals surface area contributed by atoms with Crippen molar-refractivity contribution in [2.45, 2.75) is 26.1 Å². The summed E-state index contributed by atoms with van der Waals surface area (Å²) >= 11 is 5.87. The maximum atomic E-state index is 12.0. The van der Waals surface area contributed by atoms with Gasteiger partial charge in [-0.15, -0.1) is 11.6 Å². The highest BCUT2D eigenvalue weighted by molar-refractivity contribution is 6.31. The highest BCUT2D eigenvalue weighted by Crippen LogP contribution is 2.25. The minimum atomic E-state index is -0.506. The number of alkyl halides is 1. The first-order chi connectivity index (χ1) is 7.54. The summed E-state index contributed by atoms with van der Waals surface area (Å²) in [6.45, 7) is 5.68. The van der Waals surface area contributed by atoms with E-state index in [1.165, 1.54) is 0 Å². The second-order valence-electron chi connectivity index (χ2n) is 4.02. The zero-order valence-corrected chi connectivity index (χ0v) is 10.4. The van der Waals surface area contributed by atoms with E-state index < -0.39 is 5.38 Å². The summed E-state index contributed by atoms with van der Waals surface area (Å²) in [5.74, 6) is -0.0662. The molecule has 0 spiro atoms. The van der Waals surface area contributed by atoms with Crippen LogP contribution in [-0.4, -0.2) is 15.9 Å². The van der Waals surface area contributed by atoms with Gasteiger partial charge in [0.05, 0.1) is 5.52 Å². The lowest BCUT2D eigenvalue weighted by molar-refractivity contribution is 0.0916. The number of rotatable bonds is 1. The third kappa shape index (κ3) is 1.54. The number of aryl methyl sites for hydroxylation is 1. The first-order valence-electron chi connectivity index (χ1n) is 5.29. The second-order valence-corrected chi connectivity index (χ2v) is 4.67. The van der Waals surface area contributed by atoms with Crippen molar-refractivity contribution in [3.05, 3.63) is 35.5 Å². The van der Waals surface area contributed by atoms with Crippen molar-refractivity contribution >= 4 is 28.4 Å². The van der Waals surface area contributed by atoms with Crippen molar-refractivity contribution < 1.29 is 4.79 Å². The largest absolute Gasteiger partial charge is 0.283 e. The molecule has 16 heavy (non-hydrogen) atoms. The van der Waals surface area contributed by atoms with Crippen LogP contribution >= 0.6 is 11.6 Å². The fourth-order valence-electron chi connectivity index (χ4n) is 1.99. The number of nitrogens with zero attached hydrogens (tertiary/aromatic N) is 1. The lowest BCUT2D eigenvalue weighted by atomic mass is 10.2. The van der Waals surface area contributed by atoms with Gasteiger partial charge in [-0.2, -0.15) is 0 Å². The van der Waals surface area contributed by atoms with Crippen molar-refractivity contribution in [3.63, 3.8) is 0 Å². The molecule has 0 aliphatic rings. The predicted molar refractivity (Wildman–Crippen MR) is 67.4 cm³/mol. The Morgan fingerprint density at radius 2 is 1.94 bits per heavy atom. The lowest BCUT2D eigenvalue weighted by Gasteiger charge is -2.08. The quantitative estimate of drug-likeness (QED) is 0.694. The molecule has 0 bridgehead atoms. The van der Waals surface area contributed by atoms with Crippen LogP contribution < -0.4 is 0 Å². The summed E-state index contributed by atoms with van der Waals surface area (Å²) in [4.78, 5) is 12.0. The standard InChI is InChI=1S/C13H14ClNO/c1-8-10(3)15(13(16)9(2)14)12-7-5-4-6-11(8)12/h4-7,9H,1-3H3. The normalized spacial score (nSPS) is 13.0. The molecule has 3 heteroatoms. The third-order valence-electron chi connectivity index (χ3n) is 2.99. The van der Waals surface area contributed by atoms with Gasteiger partial charge in [0, 0.05) is 11.1 Å². The summed E-state index contributed by atoms with van der Waals surface area (Å²) in [5.41, 5.74) is 3.05. The molecule has 0 saturated carbocycles. The molecule has 0 amide bonds. The van der Waals surface area contributed by atoms with E-state index in [-0.39, 0.29) is 5.91 Å². The van der Waals surface area contributed by atoms with Crippen LogP contribution in [0, 0.1) is 13.8 Å². The van der Waals surface area contributed by atoms with E-state index in [9.17, 15) is 4.79 Å². The topological polar surface area (TPSA) is 22.0 Å². The maximum Gasteiger partial charge on any atom is 0.249 e. The van der Waals surface area contributed by atoms with Crippen LogP contribution in [0.25, 0.3) is 10.9 Å². The number of benzene rings is 1. The van der Waals surface area contributed by atoms with E-state index in [1.807, 2.05) is 38.1 Å². The van der Waals surface area contributed by atoms with Crippen LogP contribution in [0.5, 0.6) is 0 Å². The van der Waals surface area contributed by atoms with Crippen molar-refractivity contribution in [1.82, 2.24) is 4.57 Å². The summed E-state index contributed by atoms with van der Waals surface area (Å²) < 4.78 is 1.71. The molecule has 0 aliphatic heterocycles. The predicted octanol–water partition coefficient (Wildman–Crippen LogP) is 3.53. The monoisotopic (exact) mass is 235 g/mol. The van der Waals surface area contributed by atoms with Crippen LogP contribution in [-0.2, 0) is 0 Å². The zero-order valence-electron chi connectivity index (χ0n) is 9.62. The molecule has 1 atom stereocenters. The van der Waals surface area contributed by atoms with Crippen LogP contribution in [0.3, 0.4) is 0 Å². The number of carbonyl (C=O) groups excluding carboxylic acids is 1. The van der Waals surface area contributed by atoms with E-state index in [1.54, 1.807) is 11.5 Å². The molecule has 2 rings (SSSR count). The average molecular weight is 236 g/mol. The van der Waals surface area contributed by atoms with Gasteiger partial charge in [0.15, 0.2) is 0 Å². The number of aromatic nitrogens is 1. The Balaban J connectivity index is 2.79. The van der Waals surface area contributed by atoms with Crippen LogP contribution in [0.15, 0.2) is 24.3 Å². The Hall–Kier alpha value is -1.28. The average Bonchev–Trinajstić information content (AvgIpc) is 2.52. The highest BCUT2D eigenvalue weighted by Gasteiger charge is 2.18. The summed E-state index contributed by atoms with van der Waals surface area (Å²) in [6.07, 6.45) is 0. The van der Waals surface area contributed by atoms with Crippen LogP contribution in [0.1, 0.15) is 23.0 Å². The number of hydrogen-bond donors (Lipinski definition) is 0. The molecule has 2 nitrogen and oxygen atoms in total. The Kier molecular flexibility index (Phi) is 2.76. The minimum Gasteiger partial charge on any atom is -0.283 e. The number of fused-ring (bicyclic) bond motifs is 1. The summed E-state index contributed by atoms with van der Waals surface area (Å²) in [6, 6.07) is 7.89. The maximum absolute atomic E-state index is 12.0. The summed E-state index contributed by atoms with van der Waals surface area (Å²) in [7, 11) is 0. The van der Waals surface area contributed by atoms with Crippen molar-refractivity contribution in [1.29, 1.82) is 0 Å². The molecule has 0 aliphatic carbocycles. The summed E-state index contributed by atoms with van der Waals surface area (Å²) in [5, 5.41) is 0.611. The van der Waals surface area contributed by atoms with Gasteiger partial charge in [-0.25, -0.2) is 0 Å². The van der Waals surface area contributed by atoms with Gasteiger partial charge in [0.2, 0.25) is 5.91 Å². The highest BCUT2D eigenvalue weighted by atomic mass is 35.5. The van der Waals surface area contributed by atoms with Crippen LogP contribution in [0.2, 0.25) is 0 Å². The SMILES string of the molecule is Cc1c(C)n(C(=O)C(C)Cl)c2ccccc12. The fourth-order valence-corrected chi connectivity index (χ4v) is 2.09. The van der Waals surface area contributed by atoms with Gasteiger partial charge in [-0.3, -0.25) is 9.36 Å². The van der Waals surface area contributed by atoms with E-state index in [2.05, 4.69) is 0 Å². The number of halogens is 1.